The van der Waals surface area contributed by atoms with Crippen LogP contribution in [0.4, 0.5) is 4.39 Å². The highest BCUT2D eigenvalue weighted by molar-refractivity contribution is 5.86. The van der Waals surface area contributed by atoms with Gasteiger partial charge in [-0.15, -0.1) is 0 Å². The highest BCUT2D eigenvalue weighted by Gasteiger charge is 2.09. The summed E-state index contributed by atoms with van der Waals surface area (Å²) in [6.45, 7) is 0. The van der Waals surface area contributed by atoms with Crippen LogP contribution in [-0.2, 0) is 0 Å². The number of carboxylic acid groups (broad SMARTS) is 1. The Balaban J connectivity index is 2.06. The molecule has 0 radical (unpaired) electrons. The molecule has 3 aromatic rings. The number of nitrogens with zero attached hydrogens (tertiary/aromatic N) is 1. The second-order valence-electron chi connectivity index (χ2n) is 4.03. The predicted octanol–water partition coefficient (Wildman–Crippen LogP) is 3.33. The molecular formula is C14H8FNO3. The first kappa shape index (κ1) is 11.4. The molecule has 0 saturated carbocycles. The third-order valence-corrected chi connectivity index (χ3v) is 2.75. The minimum absolute atomic E-state index is 0.0362. The molecule has 1 aromatic carbocycles. The number of pyridine rings is 1. The fourth-order valence-corrected chi connectivity index (χ4v) is 1.82. The third kappa shape index (κ3) is 2.06. The molecule has 0 aliphatic rings. The van der Waals surface area contributed by atoms with E-state index in [2.05, 4.69) is 4.98 Å². The van der Waals surface area contributed by atoms with Gasteiger partial charge >= 0.3 is 5.97 Å². The lowest BCUT2D eigenvalue weighted by molar-refractivity contribution is 0.0690. The molecule has 0 atom stereocenters. The molecule has 0 unspecified atom stereocenters. The number of carbonyl (C=O) groups is 1. The van der Waals surface area contributed by atoms with E-state index in [4.69, 9.17) is 9.52 Å². The van der Waals surface area contributed by atoms with Crippen molar-refractivity contribution < 1.29 is 18.7 Å². The van der Waals surface area contributed by atoms with Crippen LogP contribution in [0.3, 0.4) is 0 Å². The van der Waals surface area contributed by atoms with E-state index in [0.717, 1.165) is 0 Å². The SMILES string of the molecule is O=C(O)c1ccc(-c2cc3cc(F)ccc3o2)cn1. The Morgan fingerprint density at radius 3 is 2.74 bits per heavy atom. The molecule has 5 heteroatoms. The molecule has 19 heavy (non-hydrogen) atoms. The average molecular weight is 257 g/mol. The summed E-state index contributed by atoms with van der Waals surface area (Å²) in [5, 5.41) is 9.41. The van der Waals surface area contributed by atoms with Crippen molar-refractivity contribution in [1.29, 1.82) is 0 Å². The maximum absolute atomic E-state index is 13.1. The van der Waals surface area contributed by atoms with Gasteiger partial charge in [-0.1, -0.05) is 0 Å². The van der Waals surface area contributed by atoms with Crippen LogP contribution in [0, 0.1) is 5.82 Å². The van der Waals surface area contributed by atoms with Crippen LogP contribution in [0.5, 0.6) is 0 Å². The summed E-state index contributed by atoms with van der Waals surface area (Å²) in [7, 11) is 0. The lowest BCUT2D eigenvalue weighted by Crippen LogP contribution is -1.98. The molecule has 94 valence electrons. The molecule has 0 spiro atoms. The number of benzene rings is 1. The molecule has 0 fully saturated rings. The summed E-state index contributed by atoms with van der Waals surface area (Å²) in [6, 6.07) is 8.93. The molecule has 2 heterocycles. The van der Waals surface area contributed by atoms with Crippen molar-refractivity contribution in [3.05, 3.63) is 54.1 Å². The fraction of sp³-hybridized carbons (Fsp3) is 0. The van der Waals surface area contributed by atoms with Gasteiger partial charge in [0.05, 0.1) is 0 Å². The van der Waals surface area contributed by atoms with Crippen LogP contribution in [0.25, 0.3) is 22.3 Å². The summed E-state index contributed by atoms with van der Waals surface area (Å²) >= 11 is 0. The van der Waals surface area contributed by atoms with Gasteiger partial charge in [-0.2, -0.15) is 0 Å². The van der Waals surface area contributed by atoms with Gasteiger partial charge < -0.3 is 9.52 Å². The zero-order valence-corrected chi connectivity index (χ0v) is 9.63. The van der Waals surface area contributed by atoms with Gasteiger partial charge in [0.2, 0.25) is 0 Å². The topological polar surface area (TPSA) is 63.3 Å². The van der Waals surface area contributed by atoms with E-state index in [1.165, 1.54) is 24.4 Å². The van der Waals surface area contributed by atoms with Crippen molar-refractivity contribution >= 4 is 16.9 Å². The Morgan fingerprint density at radius 1 is 1.21 bits per heavy atom. The average Bonchev–Trinajstić information content (AvgIpc) is 2.81. The summed E-state index contributed by atoms with van der Waals surface area (Å²) in [4.78, 5) is 14.5. The Morgan fingerprint density at radius 2 is 2.05 bits per heavy atom. The van der Waals surface area contributed by atoms with Crippen LogP contribution < -0.4 is 0 Å². The number of hydrogen-bond donors (Lipinski definition) is 1. The molecular weight excluding hydrogens is 249 g/mol. The Labute approximate surface area is 107 Å². The van der Waals surface area contributed by atoms with Crippen molar-refractivity contribution in [3.8, 4) is 11.3 Å². The summed E-state index contributed by atoms with van der Waals surface area (Å²) in [6.07, 6.45) is 1.41. The predicted molar refractivity (Wildman–Crippen MR) is 66.4 cm³/mol. The maximum atomic E-state index is 13.1. The minimum Gasteiger partial charge on any atom is -0.477 e. The molecule has 0 saturated heterocycles. The normalized spacial score (nSPS) is 10.8. The number of rotatable bonds is 2. The molecule has 3 rings (SSSR count). The second kappa shape index (κ2) is 4.20. The van der Waals surface area contributed by atoms with E-state index in [-0.39, 0.29) is 11.5 Å². The third-order valence-electron chi connectivity index (χ3n) is 2.75. The van der Waals surface area contributed by atoms with Gasteiger partial charge in [0.15, 0.2) is 0 Å². The number of furan rings is 1. The number of carboxylic acids is 1. The monoisotopic (exact) mass is 257 g/mol. The van der Waals surface area contributed by atoms with Gasteiger partial charge in [-0.25, -0.2) is 14.2 Å². The van der Waals surface area contributed by atoms with Crippen LogP contribution in [0.1, 0.15) is 10.5 Å². The molecule has 1 N–H and O–H groups in total. The molecule has 0 aliphatic carbocycles. The van der Waals surface area contributed by atoms with Gasteiger partial charge in [0.25, 0.3) is 0 Å². The van der Waals surface area contributed by atoms with Gasteiger partial charge in [0.1, 0.15) is 22.9 Å². The van der Waals surface area contributed by atoms with Crippen LogP contribution in [0.2, 0.25) is 0 Å². The quantitative estimate of drug-likeness (QED) is 0.764. The number of aromatic carboxylic acids is 1. The molecule has 2 aromatic heterocycles. The van der Waals surface area contributed by atoms with Crippen molar-refractivity contribution in [1.82, 2.24) is 4.98 Å². The standard InChI is InChI=1S/C14H8FNO3/c15-10-2-4-12-9(5-10)6-13(19-12)8-1-3-11(14(17)18)16-7-8/h1-7H,(H,17,18). The van der Waals surface area contributed by atoms with Crippen molar-refractivity contribution in [3.63, 3.8) is 0 Å². The van der Waals surface area contributed by atoms with Gasteiger partial charge in [-0.05, 0) is 36.4 Å². The molecule has 0 bridgehead atoms. The maximum Gasteiger partial charge on any atom is 0.354 e. The van der Waals surface area contributed by atoms with E-state index >= 15 is 0 Å². The van der Waals surface area contributed by atoms with E-state index in [1.54, 1.807) is 18.2 Å². The van der Waals surface area contributed by atoms with E-state index in [0.29, 0.717) is 22.3 Å². The number of hydrogen-bond acceptors (Lipinski definition) is 3. The smallest absolute Gasteiger partial charge is 0.354 e. The highest BCUT2D eigenvalue weighted by atomic mass is 19.1. The van der Waals surface area contributed by atoms with Gasteiger partial charge in [-0.3, -0.25) is 0 Å². The Kier molecular flexibility index (Phi) is 2.52. The van der Waals surface area contributed by atoms with Crippen LogP contribution >= 0.6 is 0 Å². The van der Waals surface area contributed by atoms with Crippen molar-refractivity contribution in [2.45, 2.75) is 0 Å². The Bertz CT molecular complexity index is 762. The zero-order valence-electron chi connectivity index (χ0n) is 9.63. The van der Waals surface area contributed by atoms with E-state index < -0.39 is 5.97 Å². The number of fused-ring (bicyclic) bond motifs is 1. The van der Waals surface area contributed by atoms with Crippen LogP contribution in [0.15, 0.2) is 47.0 Å². The first-order valence-electron chi connectivity index (χ1n) is 5.52. The number of aromatic nitrogens is 1. The molecule has 0 aliphatic heterocycles. The summed E-state index contributed by atoms with van der Waals surface area (Å²) < 4.78 is 18.6. The largest absolute Gasteiger partial charge is 0.477 e. The molecule has 0 amide bonds. The van der Waals surface area contributed by atoms with E-state index in [9.17, 15) is 9.18 Å². The first-order valence-corrected chi connectivity index (χ1v) is 5.52. The van der Waals surface area contributed by atoms with Crippen LogP contribution in [-0.4, -0.2) is 16.1 Å². The Hall–Kier alpha value is -2.69. The van der Waals surface area contributed by atoms with Gasteiger partial charge in [0, 0.05) is 17.1 Å². The summed E-state index contributed by atoms with van der Waals surface area (Å²) in [5.41, 5.74) is 1.17. The fourth-order valence-electron chi connectivity index (χ4n) is 1.82. The summed E-state index contributed by atoms with van der Waals surface area (Å²) in [5.74, 6) is -0.900. The van der Waals surface area contributed by atoms with Crippen molar-refractivity contribution in [2.24, 2.45) is 0 Å². The lowest BCUT2D eigenvalue weighted by Gasteiger charge is -1.96. The van der Waals surface area contributed by atoms with E-state index in [1.807, 2.05) is 0 Å². The second-order valence-corrected chi connectivity index (χ2v) is 4.03. The first-order chi connectivity index (χ1) is 9.13. The highest BCUT2D eigenvalue weighted by Crippen LogP contribution is 2.27. The zero-order chi connectivity index (χ0) is 13.4. The minimum atomic E-state index is -1.08. The number of halogens is 1. The lowest BCUT2D eigenvalue weighted by atomic mass is 10.2. The van der Waals surface area contributed by atoms with Crippen molar-refractivity contribution in [2.75, 3.05) is 0 Å². The molecule has 4 nitrogen and oxygen atoms in total.